The first kappa shape index (κ1) is 33.0. The lowest BCUT2D eigenvalue weighted by Gasteiger charge is -2.36. The van der Waals surface area contributed by atoms with Gasteiger partial charge in [-0.3, -0.25) is 4.57 Å². The zero-order valence-corrected chi connectivity index (χ0v) is 27.9. The summed E-state index contributed by atoms with van der Waals surface area (Å²) in [4.78, 5) is 5.11. The van der Waals surface area contributed by atoms with Crippen LogP contribution in [0.1, 0.15) is 93.1 Å². The summed E-state index contributed by atoms with van der Waals surface area (Å²) in [5.41, 5.74) is 6.84. The van der Waals surface area contributed by atoms with Crippen molar-refractivity contribution >= 4 is 38.5 Å². The summed E-state index contributed by atoms with van der Waals surface area (Å²) in [7, 11) is 0. The molecule has 2 aliphatic carbocycles. The van der Waals surface area contributed by atoms with Gasteiger partial charge in [0.2, 0.25) is 0 Å². The highest BCUT2D eigenvalue weighted by atomic mass is 16.3. The highest BCUT2D eigenvalue weighted by Crippen LogP contribution is 2.43. The second kappa shape index (κ2) is 15.3. The molecule has 2 saturated carbocycles. The van der Waals surface area contributed by atoms with E-state index in [9.17, 15) is 0 Å². The summed E-state index contributed by atoms with van der Waals surface area (Å²) in [5, 5.41) is 1.65. The van der Waals surface area contributed by atoms with E-state index >= 15 is 0 Å². The third-order valence-corrected chi connectivity index (χ3v) is 9.87. The number of benzene rings is 1. The van der Waals surface area contributed by atoms with E-state index in [2.05, 4.69) is 61.7 Å². The van der Waals surface area contributed by atoms with Crippen molar-refractivity contribution in [2.45, 2.75) is 77.6 Å². The van der Waals surface area contributed by atoms with Crippen LogP contribution in [0, 0.1) is 18.8 Å². The van der Waals surface area contributed by atoms with Gasteiger partial charge in [0, 0.05) is 5.69 Å². The number of aromatic nitrogens is 2. The van der Waals surface area contributed by atoms with Crippen molar-refractivity contribution in [2.24, 2.45) is 11.8 Å². The SMILES string of the molecule is C=Cc1c(/C=C\C)nc(-c2cccc(=C)c(=C)ccc(C)cc(=C)oc2=C)n1-c1ccc(C2CCC(C3CCCCC3)CC2)cc1. The number of imidazole rings is 1. The summed E-state index contributed by atoms with van der Waals surface area (Å²) in [6, 6.07) is 20.7. The van der Waals surface area contributed by atoms with Crippen LogP contribution in [0.2, 0.25) is 0 Å². The normalized spacial score (nSPS) is 18.6. The Bertz CT molecular complexity index is 1890. The topological polar surface area (TPSA) is 31.0 Å². The van der Waals surface area contributed by atoms with E-state index in [-0.39, 0.29) is 0 Å². The number of nitrogens with zero attached hydrogens (tertiary/aromatic N) is 2. The van der Waals surface area contributed by atoms with E-state index in [1.54, 1.807) is 0 Å². The average molecular weight is 611 g/mol. The Morgan fingerprint density at radius 3 is 2.15 bits per heavy atom. The van der Waals surface area contributed by atoms with Crippen molar-refractivity contribution in [3.05, 3.63) is 117 Å². The molecule has 0 radical (unpaired) electrons. The van der Waals surface area contributed by atoms with Crippen LogP contribution in [0.4, 0.5) is 0 Å². The predicted octanol–water partition coefficient (Wildman–Crippen LogP) is 8.86. The molecule has 2 aliphatic rings. The summed E-state index contributed by atoms with van der Waals surface area (Å²) >= 11 is 0. The lowest BCUT2D eigenvalue weighted by molar-refractivity contribution is 0.186. The minimum atomic E-state index is 0.451. The van der Waals surface area contributed by atoms with Crippen molar-refractivity contribution in [1.82, 2.24) is 9.55 Å². The average Bonchev–Trinajstić information content (AvgIpc) is 3.43. The highest BCUT2D eigenvalue weighted by Gasteiger charge is 2.29. The largest absolute Gasteiger partial charge is 0.458 e. The number of rotatable bonds is 6. The molecule has 0 spiro atoms. The maximum Gasteiger partial charge on any atom is 0.149 e. The van der Waals surface area contributed by atoms with Gasteiger partial charge in [-0.15, -0.1) is 0 Å². The van der Waals surface area contributed by atoms with E-state index in [0.717, 1.165) is 50.5 Å². The maximum absolute atomic E-state index is 6.20. The molecule has 0 atom stereocenters. The van der Waals surface area contributed by atoms with E-state index in [4.69, 9.17) is 9.40 Å². The molecule has 3 aromatic rings. The molecule has 238 valence electrons. The summed E-state index contributed by atoms with van der Waals surface area (Å²) in [6.07, 6.45) is 18.4. The Morgan fingerprint density at radius 2 is 1.48 bits per heavy atom. The van der Waals surface area contributed by atoms with Crippen molar-refractivity contribution in [1.29, 1.82) is 0 Å². The van der Waals surface area contributed by atoms with Crippen molar-refractivity contribution in [3.8, 4) is 17.1 Å². The van der Waals surface area contributed by atoms with Gasteiger partial charge in [-0.1, -0.05) is 107 Å². The Labute approximate surface area is 275 Å². The van der Waals surface area contributed by atoms with Crippen molar-refractivity contribution in [3.63, 3.8) is 0 Å². The Hall–Kier alpha value is -4.37. The van der Waals surface area contributed by atoms with Gasteiger partial charge >= 0.3 is 0 Å². The third kappa shape index (κ3) is 7.70. The fraction of sp³-hybridized carbons (Fsp3) is 0.326. The fourth-order valence-corrected chi connectivity index (χ4v) is 7.34. The molecule has 2 heterocycles. The zero-order chi connectivity index (χ0) is 32.6. The van der Waals surface area contributed by atoms with Crippen molar-refractivity contribution in [2.75, 3.05) is 0 Å². The van der Waals surface area contributed by atoms with Crippen LogP contribution < -0.4 is 21.3 Å². The first-order chi connectivity index (χ1) is 22.3. The molecule has 2 aromatic heterocycles. The predicted molar refractivity (Wildman–Crippen MR) is 198 cm³/mol. The van der Waals surface area contributed by atoms with Crippen LogP contribution >= 0.6 is 0 Å². The monoisotopic (exact) mass is 610 g/mol. The molecular formula is C43H50N2O. The van der Waals surface area contributed by atoms with Crippen LogP contribution in [0.15, 0.2) is 77.7 Å². The number of aryl methyl sites for hydroxylation is 1. The lowest BCUT2D eigenvalue weighted by atomic mass is 9.70. The first-order valence-electron chi connectivity index (χ1n) is 17.0. The fourth-order valence-electron chi connectivity index (χ4n) is 7.34. The van der Waals surface area contributed by atoms with Crippen LogP contribution in [-0.4, -0.2) is 9.55 Å². The van der Waals surface area contributed by atoms with Gasteiger partial charge in [-0.25, -0.2) is 4.98 Å². The first-order valence-corrected chi connectivity index (χ1v) is 17.0. The molecule has 3 heteroatoms. The second-order valence-electron chi connectivity index (χ2n) is 13.0. The molecule has 2 fully saturated rings. The molecule has 0 unspecified atom stereocenters. The molecule has 5 rings (SSSR count). The molecule has 0 amide bonds. The second-order valence-corrected chi connectivity index (χ2v) is 13.0. The van der Waals surface area contributed by atoms with Crippen LogP contribution in [-0.2, 0) is 0 Å². The number of hydrogen-bond acceptors (Lipinski definition) is 2. The molecule has 0 N–H and O–H groups in total. The minimum absolute atomic E-state index is 0.451. The number of hydrogen-bond donors (Lipinski definition) is 0. The van der Waals surface area contributed by atoms with Gasteiger partial charge in [0.1, 0.15) is 16.7 Å². The van der Waals surface area contributed by atoms with Gasteiger partial charge in [-0.2, -0.15) is 0 Å². The van der Waals surface area contributed by atoms with E-state index in [1.165, 1.54) is 63.4 Å². The van der Waals surface area contributed by atoms with Crippen molar-refractivity contribution < 1.29 is 4.42 Å². The Kier molecular flexibility index (Phi) is 11.0. The van der Waals surface area contributed by atoms with Crippen LogP contribution in [0.25, 0.3) is 55.5 Å². The summed E-state index contributed by atoms with van der Waals surface area (Å²) in [6.45, 7) is 25.0. The number of allylic oxidation sites excluding steroid dienone is 1. The quantitative estimate of drug-likeness (QED) is 0.279. The molecule has 1 aromatic carbocycles. The van der Waals surface area contributed by atoms with Crippen LogP contribution in [0.5, 0.6) is 0 Å². The molecule has 3 nitrogen and oxygen atoms in total. The molecule has 0 saturated heterocycles. The van der Waals surface area contributed by atoms with Crippen LogP contribution in [0.3, 0.4) is 0 Å². The molecule has 46 heavy (non-hydrogen) atoms. The molecule has 0 bridgehead atoms. The van der Waals surface area contributed by atoms with E-state index in [0.29, 0.717) is 22.6 Å². The van der Waals surface area contributed by atoms with Gasteiger partial charge in [-0.05, 0) is 115 Å². The summed E-state index contributed by atoms with van der Waals surface area (Å²) in [5.74, 6) is 3.24. The Morgan fingerprint density at radius 1 is 0.804 bits per heavy atom. The lowest BCUT2D eigenvalue weighted by Crippen LogP contribution is -2.23. The standard InChI is InChI=1S/C43H50N2O/c1-8-14-41-42(9-2)45(39-27-25-38(26-28-39)37-23-21-36(22-24-37)35-16-11-10-12-17-35)43(44-41)40-18-13-15-31(4)32(5)20-19-30(3)29-33(6)46-34(40)7/h8-9,13-15,18-20,25-29,35-37H,2,4-7,10-12,16-17,21-24H2,1,3H3/b14-8-,15-13?,20-19?,30-29?,40-18?. The van der Waals surface area contributed by atoms with Gasteiger partial charge in [0.15, 0.2) is 0 Å². The molecular weight excluding hydrogens is 560 g/mol. The van der Waals surface area contributed by atoms with Gasteiger partial charge in [0.05, 0.1) is 17.0 Å². The van der Waals surface area contributed by atoms with Gasteiger partial charge < -0.3 is 4.42 Å². The smallest absolute Gasteiger partial charge is 0.149 e. The highest BCUT2D eigenvalue weighted by molar-refractivity contribution is 5.69. The zero-order valence-electron chi connectivity index (χ0n) is 27.9. The van der Waals surface area contributed by atoms with Gasteiger partial charge in [0.25, 0.3) is 0 Å². The third-order valence-electron chi connectivity index (χ3n) is 9.87. The summed E-state index contributed by atoms with van der Waals surface area (Å²) < 4.78 is 8.35. The minimum Gasteiger partial charge on any atom is -0.458 e. The maximum atomic E-state index is 6.20. The van der Waals surface area contributed by atoms with E-state index in [1.807, 2.05) is 68.5 Å². The Balaban J connectivity index is 1.59. The molecule has 0 aliphatic heterocycles. The van der Waals surface area contributed by atoms with E-state index < -0.39 is 0 Å².